The molecule has 0 aliphatic carbocycles. The Morgan fingerprint density at radius 3 is 2.69 bits per heavy atom. The maximum atomic E-state index is 13.7. The molecule has 1 aliphatic rings. The largest absolute Gasteiger partial charge is 0.378 e. The van der Waals surface area contributed by atoms with Gasteiger partial charge in [-0.25, -0.2) is 27.5 Å². The van der Waals surface area contributed by atoms with Gasteiger partial charge in [0.15, 0.2) is 0 Å². The molecule has 7 nitrogen and oxygen atoms in total. The Morgan fingerprint density at radius 2 is 1.96 bits per heavy atom. The first-order chi connectivity index (χ1) is 12.4. The van der Waals surface area contributed by atoms with Gasteiger partial charge in [0, 0.05) is 24.3 Å². The lowest BCUT2D eigenvalue weighted by atomic mass is 10.2. The van der Waals surface area contributed by atoms with Crippen molar-refractivity contribution < 1.29 is 17.5 Å². The lowest BCUT2D eigenvalue weighted by molar-refractivity contribution is 0.122. The molecule has 1 aromatic carbocycles. The Labute approximate surface area is 152 Å². The normalized spacial score (nSPS) is 15.2. The topological polar surface area (TPSA) is 84.4 Å². The molecule has 2 heterocycles. The van der Waals surface area contributed by atoms with Crippen molar-refractivity contribution >= 4 is 16.0 Å². The Hall–Kier alpha value is -2.10. The Morgan fingerprint density at radius 1 is 1.23 bits per heavy atom. The predicted octanol–water partition coefficient (Wildman–Crippen LogP) is 1.38. The summed E-state index contributed by atoms with van der Waals surface area (Å²) in [5.41, 5.74) is 1.45. The van der Waals surface area contributed by atoms with Crippen LogP contribution in [0.15, 0.2) is 30.3 Å². The number of ether oxygens (including phenoxy) is 1. The fourth-order valence-electron chi connectivity index (χ4n) is 2.67. The lowest BCUT2D eigenvalue weighted by Crippen LogP contribution is -2.37. The summed E-state index contributed by atoms with van der Waals surface area (Å²) in [4.78, 5) is 10.9. The van der Waals surface area contributed by atoms with Crippen LogP contribution in [0.1, 0.15) is 17.0 Å². The minimum Gasteiger partial charge on any atom is -0.378 e. The Balaban J connectivity index is 1.68. The van der Waals surface area contributed by atoms with E-state index >= 15 is 0 Å². The van der Waals surface area contributed by atoms with Gasteiger partial charge in [0.05, 0.1) is 31.2 Å². The quantitative estimate of drug-likeness (QED) is 0.815. The second kappa shape index (κ2) is 8.07. The van der Waals surface area contributed by atoms with Gasteiger partial charge >= 0.3 is 0 Å². The van der Waals surface area contributed by atoms with Crippen LogP contribution in [-0.4, -0.2) is 44.7 Å². The van der Waals surface area contributed by atoms with E-state index in [2.05, 4.69) is 14.7 Å². The highest BCUT2D eigenvalue weighted by Crippen LogP contribution is 2.13. The Kier molecular flexibility index (Phi) is 5.80. The molecule has 9 heteroatoms. The number of halogens is 1. The average Bonchev–Trinajstić information content (AvgIpc) is 2.62. The molecule has 1 aromatic heterocycles. The molecular formula is C17H21FN4O3S. The van der Waals surface area contributed by atoms with Crippen molar-refractivity contribution in [1.82, 2.24) is 14.7 Å². The van der Waals surface area contributed by atoms with Crippen LogP contribution in [0.2, 0.25) is 0 Å². The minimum absolute atomic E-state index is 0.0253. The van der Waals surface area contributed by atoms with E-state index in [1.807, 2.05) is 11.8 Å². The van der Waals surface area contributed by atoms with Crippen molar-refractivity contribution in [2.45, 2.75) is 19.2 Å². The molecule has 26 heavy (non-hydrogen) atoms. The third-order valence-electron chi connectivity index (χ3n) is 3.97. The molecule has 0 unspecified atom stereocenters. The molecule has 2 aromatic rings. The summed E-state index contributed by atoms with van der Waals surface area (Å²) in [6.07, 6.45) is 0. The first-order valence-electron chi connectivity index (χ1n) is 8.31. The smallest absolute Gasteiger partial charge is 0.225 e. The van der Waals surface area contributed by atoms with Gasteiger partial charge < -0.3 is 9.64 Å². The van der Waals surface area contributed by atoms with E-state index < -0.39 is 21.6 Å². The Bertz CT molecular complexity index is 870. The van der Waals surface area contributed by atoms with Gasteiger partial charge in [-0.15, -0.1) is 0 Å². The number of sulfonamides is 1. The van der Waals surface area contributed by atoms with Gasteiger partial charge in [-0.2, -0.15) is 0 Å². The van der Waals surface area contributed by atoms with Crippen molar-refractivity contribution in [3.63, 3.8) is 0 Å². The fraction of sp³-hybridized carbons (Fsp3) is 0.412. The summed E-state index contributed by atoms with van der Waals surface area (Å²) in [5.74, 6) is -0.387. The number of hydrogen-bond donors (Lipinski definition) is 1. The van der Waals surface area contributed by atoms with Gasteiger partial charge in [-0.1, -0.05) is 18.2 Å². The van der Waals surface area contributed by atoms with Crippen molar-refractivity contribution in [2.75, 3.05) is 31.2 Å². The van der Waals surface area contributed by atoms with Crippen molar-refractivity contribution in [3.05, 3.63) is 53.1 Å². The van der Waals surface area contributed by atoms with Gasteiger partial charge in [0.1, 0.15) is 5.82 Å². The molecule has 0 amide bonds. The van der Waals surface area contributed by atoms with Crippen molar-refractivity contribution in [3.8, 4) is 0 Å². The van der Waals surface area contributed by atoms with E-state index in [4.69, 9.17) is 4.74 Å². The monoisotopic (exact) mass is 380 g/mol. The second-order valence-electron chi connectivity index (χ2n) is 6.07. The van der Waals surface area contributed by atoms with Crippen LogP contribution in [0, 0.1) is 12.7 Å². The maximum absolute atomic E-state index is 13.7. The molecule has 1 N–H and O–H groups in total. The molecule has 1 fully saturated rings. The van der Waals surface area contributed by atoms with Crippen LogP contribution in [0.4, 0.5) is 10.3 Å². The highest BCUT2D eigenvalue weighted by Gasteiger charge is 2.17. The van der Waals surface area contributed by atoms with Crippen molar-refractivity contribution in [2.24, 2.45) is 0 Å². The number of rotatable bonds is 6. The number of anilines is 1. The molecule has 1 aliphatic heterocycles. The van der Waals surface area contributed by atoms with E-state index in [1.54, 1.807) is 12.1 Å². The van der Waals surface area contributed by atoms with E-state index in [1.165, 1.54) is 18.2 Å². The van der Waals surface area contributed by atoms with Crippen LogP contribution in [-0.2, 0) is 27.1 Å². The molecular weight excluding hydrogens is 359 g/mol. The predicted molar refractivity (Wildman–Crippen MR) is 95.7 cm³/mol. The van der Waals surface area contributed by atoms with Crippen LogP contribution in [0.25, 0.3) is 0 Å². The zero-order chi connectivity index (χ0) is 18.6. The maximum Gasteiger partial charge on any atom is 0.225 e. The number of nitrogens with one attached hydrogen (secondary N) is 1. The molecule has 140 valence electrons. The number of aromatic nitrogens is 2. The summed E-state index contributed by atoms with van der Waals surface area (Å²) in [6, 6.07) is 7.56. The fourth-order valence-corrected chi connectivity index (χ4v) is 3.78. The average molecular weight is 380 g/mol. The molecule has 0 atom stereocenters. The third-order valence-corrected chi connectivity index (χ3v) is 5.24. The number of morpholine rings is 1. The summed E-state index contributed by atoms with van der Waals surface area (Å²) >= 11 is 0. The lowest BCUT2D eigenvalue weighted by Gasteiger charge is -2.27. The van der Waals surface area contributed by atoms with E-state index in [9.17, 15) is 12.8 Å². The van der Waals surface area contributed by atoms with Gasteiger partial charge in [0.2, 0.25) is 16.0 Å². The second-order valence-corrected chi connectivity index (χ2v) is 7.88. The SMILES string of the molecule is Cc1cc(CNS(=O)(=O)Cc2ccccc2F)nc(N2CCOCC2)n1. The molecule has 0 saturated carbocycles. The van der Waals surface area contributed by atoms with Crippen LogP contribution in [0.3, 0.4) is 0 Å². The van der Waals surface area contributed by atoms with Gasteiger partial charge in [-0.3, -0.25) is 0 Å². The molecule has 0 radical (unpaired) electrons. The number of nitrogens with zero attached hydrogens (tertiary/aromatic N) is 3. The zero-order valence-electron chi connectivity index (χ0n) is 14.5. The van der Waals surface area contributed by atoms with Crippen LogP contribution < -0.4 is 9.62 Å². The summed E-state index contributed by atoms with van der Waals surface area (Å²) < 4.78 is 46.0. The zero-order valence-corrected chi connectivity index (χ0v) is 15.3. The molecule has 1 saturated heterocycles. The first kappa shape index (κ1) is 18.7. The van der Waals surface area contributed by atoms with Gasteiger partial charge in [-0.05, 0) is 19.1 Å². The summed E-state index contributed by atoms with van der Waals surface area (Å²) in [6.45, 7) is 4.48. The molecule has 3 rings (SSSR count). The first-order valence-corrected chi connectivity index (χ1v) is 9.96. The third kappa shape index (κ3) is 4.96. The van der Waals surface area contributed by atoms with Crippen molar-refractivity contribution in [1.29, 1.82) is 0 Å². The minimum atomic E-state index is -3.69. The highest BCUT2D eigenvalue weighted by atomic mass is 32.2. The number of hydrogen-bond acceptors (Lipinski definition) is 6. The molecule has 0 spiro atoms. The summed E-state index contributed by atoms with van der Waals surface area (Å²) in [5, 5.41) is 0. The molecule has 0 bridgehead atoms. The number of aryl methyl sites for hydroxylation is 1. The van der Waals surface area contributed by atoms with E-state index in [0.717, 1.165) is 5.69 Å². The highest BCUT2D eigenvalue weighted by molar-refractivity contribution is 7.88. The number of benzene rings is 1. The van der Waals surface area contributed by atoms with E-state index in [0.29, 0.717) is 37.9 Å². The summed E-state index contributed by atoms with van der Waals surface area (Å²) in [7, 11) is -3.69. The van der Waals surface area contributed by atoms with Crippen LogP contribution >= 0.6 is 0 Å². The standard InChI is InChI=1S/C17H21FN4O3S/c1-13-10-15(21-17(20-13)22-6-8-25-9-7-22)11-19-26(23,24)12-14-4-2-3-5-16(14)18/h2-5,10,19H,6-9,11-12H2,1H3. The van der Waals surface area contributed by atoms with Crippen LogP contribution in [0.5, 0.6) is 0 Å². The van der Waals surface area contributed by atoms with Gasteiger partial charge in [0.25, 0.3) is 0 Å². The van der Waals surface area contributed by atoms with E-state index in [-0.39, 0.29) is 12.1 Å².